The fourth-order valence-corrected chi connectivity index (χ4v) is 2.83. The molecule has 0 fully saturated rings. The van der Waals surface area contributed by atoms with E-state index < -0.39 is 0 Å². The van der Waals surface area contributed by atoms with Crippen LogP contribution in [-0.4, -0.2) is 0 Å². The average Bonchev–Trinajstić information content (AvgIpc) is 2.39. The minimum atomic E-state index is 0.873. The smallest absolute Gasteiger partial charge is 0.0351 e. The molecule has 0 aliphatic heterocycles. The van der Waals surface area contributed by atoms with Crippen molar-refractivity contribution in [3.8, 4) is 0 Å². The maximum Gasteiger partial charge on any atom is -0.0351 e. The highest BCUT2D eigenvalue weighted by Gasteiger charge is 2.12. The lowest BCUT2D eigenvalue weighted by Crippen LogP contribution is -2.08. The summed E-state index contributed by atoms with van der Waals surface area (Å²) in [6, 6.07) is 0. The van der Waals surface area contributed by atoms with Crippen molar-refractivity contribution in [2.24, 2.45) is 11.8 Å². The van der Waals surface area contributed by atoms with Crippen molar-refractivity contribution in [2.45, 2.75) is 98.3 Å². The summed E-state index contributed by atoms with van der Waals surface area (Å²) in [6.07, 6.45) is 20.1. The van der Waals surface area contributed by atoms with E-state index in [2.05, 4.69) is 39.8 Å². The van der Waals surface area contributed by atoms with Gasteiger partial charge in [-0.25, -0.2) is 0 Å². The van der Waals surface area contributed by atoms with Gasteiger partial charge >= 0.3 is 0 Å². The molecule has 0 N–H and O–H groups in total. The van der Waals surface area contributed by atoms with Gasteiger partial charge in [0.25, 0.3) is 0 Å². The van der Waals surface area contributed by atoms with Crippen LogP contribution in [0.5, 0.6) is 0 Å². The van der Waals surface area contributed by atoms with Crippen LogP contribution in [0.15, 0.2) is 12.2 Å². The van der Waals surface area contributed by atoms with E-state index in [1.54, 1.807) is 0 Å². The molecule has 0 aliphatic carbocycles. The quantitative estimate of drug-likeness (QED) is 0.245. The fraction of sp³-hybridized carbons (Fsp3) is 0.895. The van der Waals surface area contributed by atoms with Gasteiger partial charge in [-0.2, -0.15) is 0 Å². The molecule has 0 saturated carbocycles. The van der Waals surface area contributed by atoms with Crippen LogP contribution < -0.4 is 0 Å². The lowest BCUT2D eigenvalue weighted by Gasteiger charge is -2.20. The van der Waals surface area contributed by atoms with Crippen molar-refractivity contribution < 1.29 is 0 Å². The maximum absolute atomic E-state index is 2.41. The Morgan fingerprint density at radius 1 is 0.789 bits per heavy atom. The van der Waals surface area contributed by atoms with Gasteiger partial charge in [-0.15, -0.1) is 0 Å². The summed E-state index contributed by atoms with van der Waals surface area (Å²) in [6.45, 7) is 9.24. The molecule has 0 rings (SSSR count). The summed E-state index contributed by atoms with van der Waals surface area (Å²) >= 11 is 0. The zero-order chi connectivity index (χ0) is 14.3. The van der Waals surface area contributed by atoms with Crippen LogP contribution in [0.4, 0.5) is 0 Å². The molecular formula is C19H38. The summed E-state index contributed by atoms with van der Waals surface area (Å²) in [5, 5.41) is 0. The number of rotatable bonds is 13. The van der Waals surface area contributed by atoms with Crippen LogP contribution in [0.2, 0.25) is 0 Å². The van der Waals surface area contributed by atoms with Crippen molar-refractivity contribution in [3.63, 3.8) is 0 Å². The van der Waals surface area contributed by atoms with Gasteiger partial charge in [0, 0.05) is 0 Å². The monoisotopic (exact) mass is 266 g/mol. The Bertz CT molecular complexity index is 190. The first-order valence-corrected chi connectivity index (χ1v) is 8.83. The van der Waals surface area contributed by atoms with Crippen LogP contribution >= 0.6 is 0 Å². The Morgan fingerprint density at radius 3 is 1.95 bits per heavy atom. The van der Waals surface area contributed by atoms with Gasteiger partial charge in [-0.3, -0.25) is 0 Å². The second-order valence-corrected chi connectivity index (χ2v) is 6.41. The average molecular weight is 267 g/mol. The molecule has 0 nitrogen and oxygen atoms in total. The molecule has 1 unspecified atom stereocenters. The molecule has 0 aromatic rings. The highest BCUT2D eigenvalue weighted by Crippen LogP contribution is 2.25. The van der Waals surface area contributed by atoms with Crippen LogP contribution in [-0.2, 0) is 0 Å². The molecule has 0 amide bonds. The van der Waals surface area contributed by atoms with Crippen molar-refractivity contribution in [3.05, 3.63) is 12.2 Å². The molecule has 114 valence electrons. The Kier molecular flexibility index (Phi) is 14.0. The molecule has 0 spiro atoms. The second-order valence-electron chi connectivity index (χ2n) is 6.41. The lowest BCUT2D eigenvalue weighted by atomic mass is 9.86. The predicted octanol–water partition coefficient (Wildman–Crippen LogP) is 7.15. The topological polar surface area (TPSA) is 0 Å². The predicted molar refractivity (Wildman–Crippen MR) is 89.6 cm³/mol. The normalized spacial score (nSPS) is 13.5. The molecule has 0 heterocycles. The first-order valence-electron chi connectivity index (χ1n) is 8.83. The van der Waals surface area contributed by atoms with E-state index in [0.717, 1.165) is 11.8 Å². The maximum atomic E-state index is 2.41. The Hall–Kier alpha value is -0.260. The van der Waals surface area contributed by atoms with Gasteiger partial charge in [0.1, 0.15) is 0 Å². The van der Waals surface area contributed by atoms with Gasteiger partial charge in [0.15, 0.2) is 0 Å². The highest BCUT2D eigenvalue weighted by molar-refractivity contribution is 4.76. The van der Waals surface area contributed by atoms with Gasteiger partial charge < -0.3 is 0 Å². The standard InChI is InChI=1S/C19H38/c1-5-7-9-11-13-15-17-19(18(3)4)16-14-12-10-8-6-2/h6,8,18-19H,5,7,9-17H2,1-4H3. The third-order valence-electron chi connectivity index (χ3n) is 4.30. The molecule has 0 aromatic heterocycles. The minimum Gasteiger partial charge on any atom is -0.0917 e. The molecule has 0 aromatic carbocycles. The van der Waals surface area contributed by atoms with Gasteiger partial charge in [-0.1, -0.05) is 90.7 Å². The SMILES string of the molecule is CC=CCCCCC(CCCCCCCC)C(C)C. The van der Waals surface area contributed by atoms with E-state index >= 15 is 0 Å². The minimum absolute atomic E-state index is 0.873. The van der Waals surface area contributed by atoms with Crippen molar-refractivity contribution in [1.82, 2.24) is 0 Å². The summed E-state index contributed by atoms with van der Waals surface area (Å²) in [5.41, 5.74) is 0. The van der Waals surface area contributed by atoms with E-state index in [1.807, 2.05) is 0 Å². The molecular weight excluding hydrogens is 228 g/mol. The lowest BCUT2D eigenvalue weighted by molar-refractivity contribution is 0.315. The van der Waals surface area contributed by atoms with Crippen LogP contribution in [0.1, 0.15) is 98.3 Å². The van der Waals surface area contributed by atoms with E-state index in [9.17, 15) is 0 Å². The first-order chi connectivity index (χ1) is 9.22. The molecule has 0 bridgehead atoms. The van der Waals surface area contributed by atoms with Crippen LogP contribution in [0.3, 0.4) is 0 Å². The number of hydrogen-bond donors (Lipinski definition) is 0. The molecule has 0 aliphatic rings. The molecule has 0 heteroatoms. The largest absolute Gasteiger partial charge is 0.0917 e. The van der Waals surface area contributed by atoms with Crippen molar-refractivity contribution >= 4 is 0 Å². The summed E-state index contributed by atoms with van der Waals surface area (Å²) < 4.78 is 0. The van der Waals surface area contributed by atoms with E-state index in [0.29, 0.717) is 0 Å². The molecule has 1 atom stereocenters. The number of allylic oxidation sites excluding steroid dienone is 2. The Balaban J connectivity index is 3.57. The van der Waals surface area contributed by atoms with E-state index in [1.165, 1.54) is 70.6 Å². The summed E-state index contributed by atoms with van der Waals surface area (Å²) in [7, 11) is 0. The third-order valence-corrected chi connectivity index (χ3v) is 4.30. The van der Waals surface area contributed by atoms with E-state index in [-0.39, 0.29) is 0 Å². The van der Waals surface area contributed by atoms with E-state index in [4.69, 9.17) is 0 Å². The van der Waals surface area contributed by atoms with Gasteiger partial charge in [0.05, 0.1) is 0 Å². The van der Waals surface area contributed by atoms with Gasteiger partial charge in [-0.05, 0) is 31.6 Å². The summed E-state index contributed by atoms with van der Waals surface area (Å²) in [5.74, 6) is 1.84. The highest BCUT2D eigenvalue weighted by atomic mass is 14.2. The fourth-order valence-electron chi connectivity index (χ4n) is 2.83. The zero-order valence-corrected chi connectivity index (χ0v) is 14.1. The number of hydrogen-bond acceptors (Lipinski definition) is 0. The Labute approximate surface area is 123 Å². The van der Waals surface area contributed by atoms with Crippen molar-refractivity contribution in [2.75, 3.05) is 0 Å². The second kappa shape index (κ2) is 14.2. The van der Waals surface area contributed by atoms with Crippen LogP contribution in [0.25, 0.3) is 0 Å². The first kappa shape index (κ1) is 18.7. The van der Waals surface area contributed by atoms with Gasteiger partial charge in [0.2, 0.25) is 0 Å². The number of unbranched alkanes of at least 4 members (excludes halogenated alkanes) is 7. The van der Waals surface area contributed by atoms with Crippen molar-refractivity contribution in [1.29, 1.82) is 0 Å². The Morgan fingerprint density at radius 2 is 1.37 bits per heavy atom. The molecule has 0 radical (unpaired) electrons. The summed E-state index contributed by atoms with van der Waals surface area (Å²) in [4.78, 5) is 0. The third kappa shape index (κ3) is 12.5. The zero-order valence-electron chi connectivity index (χ0n) is 14.1. The van der Waals surface area contributed by atoms with Crippen LogP contribution in [0, 0.1) is 11.8 Å². The molecule has 0 saturated heterocycles. The molecule has 19 heavy (non-hydrogen) atoms.